The lowest BCUT2D eigenvalue weighted by molar-refractivity contribution is -0.128. The Morgan fingerprint density at radius 2 is 2.50 bits per heavy atom. The molecule has 0 aliphatic carbocycles. The van der Waals surface area contributed by atoms with Crippen molar-refractivity contribution in [3.05, 3.63) is 23.5 Å². The van der Waals surface area contributed by atoms with Crippen molar-refractivity contribution in [2.75, 3.05) is 13.1 Å². The number of pyridine rings is 1. The summed E-state index contributed by atoms with van der Waals surface area (Å²) in [6.07, 6.45) is 4.06. The molecule has 5 heteroatoms. The monoisotopic (exact) mass is 240 g/mol. The van der Waals surface area contributed by atoms with E-state index in [1.165, 1.54) is 0 Å². The van der Waals surface area contributed by atoms with Crippen molar-refractivity contribution in [2.45, 2.75) is 19.4 Å². The van der Waals surface area contributed by atoms with Gasteiger partial charge in [0.05, 0.1) is 6.54 Å². The molecule has 1 aliphatic rings. The second-order valence-electron chi connectivity index (χ2n) is 3.80. The number of halogens is 1. The number of amides is 1. The van der Waals surface area contributed by atoms with Gasteiger partial charge in [-0.15, -0.1) is 0 Å². The molecule has 0 spiro atoms. The Balaban J connectivity index is 1.97. The molecule has 2 heterocycles. The minimum Gasteiger partial charge on any atom is -0.487 e. The van der Waals surface area contributed by atoms with Crippen LogP contribution in [0.3, 0.4) is 0 Å². The Labute approximate surface area is 99.2 Å². The number of carbonyl (C=O) groups excluding carboxylic acids is 1. The standard InChI is InChI=1S/C11H13ClN2O2/c1-8(15)14-5-3-9(7-14)16-11-2-4-13-6-10(11)12/h2,4,6,9H,3,5,7H2,1H3/t9-/m0/s1. The van der Waals surface area contributed by atoms with E-state index in [1.54, 1.807) is 30.3 Å². The van der Waals surface area contributed by atoms with Crippen LogP contribution in [0.25, 0.3) is 0 Å². The lowest BCUT2D eigenvalue weighted by Crippen LogP contribution is -2.28. The third-order valence-corrected chi connectivity index (χ3v) is 2.90. The van der Waals surface area contributed by atoms with E-state index in [0.29, 0.717) is 17.3 Å². The van der Waals surface area contributed by atoms with Crippen LogP contribution in [0.4, 0.5) is 0 Å². The summed E-state index contributed by atoms with van der Waals surface area (Å²) in [5.41, 5.74) is 0. The number of aromatic nitrogens is 1. The summed E-state index contributed by atoms with van der Waals surface area (Å²) in [6.45, 7) is 2.96. The molecule has 0 radical (unpaired) electrons. The van der Waals surface area contributed by atoms with Crippen LogP contribution < -0.4 is 4.74 Å². The van der Waals surface area contributed by atoms with Crippen LogP contribution in [0.2, 0.25) is 5.02 Å². The van der Waals surface area contributed by atoms with Crippen LogP contribution in [-0.4, -0.2) is 35.0 Å². The molecule has 1 aromatic heterocycles. The summed E-state index contributed by atoms with van der Waals surface area (Å²) in [6, 6.07) is 1.73. The van der Waals surface area contributed by atoms with E-state index >= 15 is 0 Å². The van der Waals surface area contributed by atoms with Gasteiger partial charge in [0.1, 0.15) is 16.9 Å². The summed E-state index contributed by atoms with van der Waals surface area (Å²) >= 11 is 5.93. The highest BCUT2D eigenvalue weighted by Gasteiger charge is 2.25. The molecule has 0 saturated carbocycles. The maximum Gasteiger partial charge on any atom is 0.219 e. The first kappa shape index (κ1) is 11.2. The maximum absolute atomic E-state index is 11.1. The predicted molar refractivity (Wildman–Crippen MR) is 60.5 cm³/mol. The molecule has 1 saturated heterocycles. The van der Waals surface area contributed by atoms with E-state index in [2.05, 4.69) is 4.98 Å². The van der Waals surface area contributed by atoms with Crippen molar-refractivity contribution < 1.29 is 9.53 Å². The molecule has 4 nitrogen and oxygen atoms in total. The highest BCUT2D eigenvalue weighted by molar-refractivity contribution is 6.31. The largest absolute Gasteiger partial charge is 0.487 e. The Morgan fingerprint density at radius 1 is 1.69 bits per heavy atom. The Morgan fingerprint density at radius 3 is 3.12 bits per heavy atom. The summed E-state index contributed by atoms with van der Waals surface area (Å²) in [4.78, 5) is 16.8. The number of nitrogens with zero attached hydrogens (tertiary/aromatic N) is 2. The topological polar surface area (TPSA) is 42.4 Å². The van der Waals surface area contributed by atoms with E-state index in [1.807, 2.05) is 0 Å². The van der Waals surface area contributed by atoms with Gasteiger partial charge in [0.25, 0.3) is 0 Å². The lowest BCUT2D eigenvalue weighted by Gasteiger charge is -2.15. The zero-order valence-corrected chi connectivity index (χ0v) is 9.78. The Kier molecular flexibility index (Phi) is 3.29. The molecule has 0 bridgehead atoms. The van der Waals surface area contributed by atoms with E-state index in [9.17, 15) is 4.79 Å². The molecule has 1 aromatic rings. The minimum atomic E-state index is 0.0313. The molecule has 1 amide bonds. The first-order chi connectivity index (χ1) is 7.66. The van der Waals surface area contributed by atoms with Gasteiger partial charge >= 0.3 is 0 Å². The van der Waals surface area contributed by atoms with Gasteiger partial charge < -0.3 is 9.64 Å². The lowest BCUT2D eigenvalue weighted by atomic mass is 10.3. The van der Waals surface area contributed by atoms with Gasteiger partial charge in [0.15, 0.2) is 0 Å². The first-order valence-electron chi connectivity index (χ1n) is 5.18. The van der Waals surface area contributed by atoms with Crippen molar-refractivity contribution in [2.24, 2.45) is 0 Å². The molecular weight excluding hydrogens is 228 g/mol. The highest BCUT2D eigenvalue weighted by Crippen LogP contribution is 2.25. The maximum atomic E-state index is 11.1. The number of likely N-dealkylation sites (tertiary alicyclic amines) is 1. The van der Waals surface area contributed by atoms with Crippen molar-refractivity contribution in [3.63, 3.8) is 0 Å². The normalized spacial score (nSPS) is 19.9. The second-order valence-corrected chi connectivity index (χ2v) is 4.21. The van der Waals surface area contributed by atoms with E-state index < -0.39 is 0 Å². The van der Waals surface area contributed by atoms with E-state index in [-0.39, 0.29) is 12.0 Å². The fourth-order valence-corrected chi connectivity index (χ4v) is 1.91. The van der Waals surface area contributed by atoms with Crippen molar-refractivity contribution in [1.82, 2.24) is 9.88 Å². The van der Waals surface area contributed by atoms with Gasteiger partial charge in [0.2, 0.25) is 5.91 Å². The SMILES string of the molecule is CC(=O)N1CC[C@H](Oc2ccncc2Cl)C1. The molecule has 16 heavy (non-hydrogen) atoms. The molecule has 0 aromatic carbocycles. The van der Waals surface area contributed by atoms with E-state index in [0.717, 1.165) is 13.0 Å². The number of rotatable bonds is 2. The smallest absolute Gasteiger partial charge is 0.219 e. The summed E-state index contributed by atoms with van der Waals surface area (Å²) in [5, 5.41) is 0.503. The molecule has 2 rings (SSSR count). The van der Waals surface area contributed by atoms with Crippen molar-refractivity contribution in [3.8, 4) is 5.75 Å². The number of carbonyl (C=O) groups is 1. The first-order valence-corrected chi connectivity index (χ1v) is 5.56. The van der Waals surface area contributed by atoms with Gasteiger partial charge in [-0.3, -0.25) is 9.78 Å². The number of hydrogen-bond acceptors (Lipinski definition) is 3. The average molecular weight is 241 g/mol. The van der Waals surface area contributed by atoms with Crippen LogP contribution in [0.5, 0.6) is 5.75 Å². The van der Waals surface area contributed by atoms with Gasteiger partial charge in [-0.25, -0.2) is 0 Å². The van der Waals surface area contributed by atoms with Gasteiger partial charge in [-0.2, -0.15) is 0 Å². The number of ether oxygens (including phenoxy) is 1. The zero-order chi connectivity index (χ0) is 11.5. The summed E-state index contributed by atoms with van der Waals surface area (Å²) in [5.74, 6) is 0.721. The van der Waals surface area contributed by atoms with Gasteiger partial charge in [-0.05, 0) is 0 Å². The van der Waals surface area contributed by atoms with Crippen molar-refractivity contribution in [1.29, 1.82) is 0 Å². The zero-order valence-electron chi connectivity index (χ0n) is 9.02. The molecule has 1 fully saturated rings. The van der Waals surface area contributed by atoms with Crippen LogP contribution in [0.15, 0.2) is 18.5 Å². The molecule has 0 unspecified atom stereocenters. The van der Waals surface area contributed by atoms with Crippen molar-refractivity contribution >= 4 is 17.5 Å². The summed E-state index contributed by atoms with van der Waals surface area (Å²) < 4.78 is 5.72. The predicted octanol–water partition coefficient (Wildman–Crippen LogP) is 1.73. The quantitative estimate of drug-likeness (QED) is 0.791. The molecule has 1 aliphatic heterocycles. The number of hydrogen-bond donors (Lipinski definition) is 0. The van der Waals surface area contributed by atoms with Crippen LogP contribution in [0, 0.1) is 0 Å². The molecular formula is C11H13ClN2O2. The Hall–Kier alpha value is -1.29. The Bertz CT molecular complexity index is 397. The minimum absolute atomic E-state index is 0.0313. The molecule has 1 atom stereocenters. The fraction of sp³-hybridized carbons (Fsp3) is 0.455. The van der Waals surface area contributed by atoms with E-state index in [4.69, 9.17) is 16.3 Å². The van der Waals surface area contributed by atoms with Gasteiger partial charge in [-0.1, -0.05) is 11.6 Å². The van der Waals surface area contributed by atoms with Crippen LogP contribution in [0.1, 0.15) is 13.3 Å². The fourth-order valence-electron chi connectivity index (χ4n) is 1.75. The molecule has 86 valence electrons. The van der Waals surface area contributed by atoms with Gasteiger partial charge in [0, 0.05) is 38.3 Å². The van der Waals surface area contributed by atoms with Crippen LogP contribution >= 0.6 is 11.6 Å². The third-order valence-electron chi connectivity index (χ3n) is 2.62. The highest BCUT2D eigenvalue weighted by atomic mass is 35.5. The summed E-state index contributed by atoms with van der Waals surface area (Å²) in [7, 11) is 0. The third kappa shape index (κ3) is 2.44. The van der Waals surface area contributed by atoms with Crippen LogP contribution in [-0.2, 0) is 4.79 Å². The second kappa shape index (κ2) is 4.70. The average Bonchev–Trinajstić information content (AvgIpc) is 2.70. The molecule has 0 N–H and O–H groups in total.